The highest BCUT2D eigenvalue weighted by molar-refractivity contribution is 6.74. The predicted molar refractivity (Wildman–Crippen MR) is 217 cm³/mol. The molecule has 2 N–H and O–H groups in total. The average molecular weight is 806 g/mol. The van der Waals surface area contributed by atoms with E-state index in [-0.39, 0.29) is 76.9 Å². The van der Waals surface area contributed by atoms with Gasteiger partial charge >= 0.3 is 12.1 Å². The Morgan fingerprint density at radius 2 is 1.70 bits per heavy atom. The summed E-state index contributed by atoms with van der Waals surface area (Å²) in [5.74, 6) is -2.28. The zero-order chi connectivity index (χ0) is 42.0. The van der Waals surface area contributed by atoms with E-state index in [1.807, 2.05) is 18.7 Å². The van der Waals surface area contributed by atoms with Crippen LogP contribution >= 0.6 is 0 Å². The number of benzene rings is 2. The van der Waals surface area contributed by atoms with E-state index >= 15 is 0 Å². The minimum absolute atomic E-state index is 0.00643. The molecule has 1 unspecified atom stereocenters. The van der Waals surface area contributed by atoms with Crippen LogP contribution in [0.5, 0.6) is 11.5 Å². The van der Waals surface area contributed by atoms with Crippen LogP contribution in [0.4, 0.5) is 10.5 Å². The third kappa shape index (κ3) is 9.72. The molecular formula is C43H59N3O10Si. The number of carbonyl (C=O) groups excluding carboxylic acids is 5. The van der Waals surface area contributed by atoms with Crippen molar-refractivity contribution in [3.63, 3.8) is 0 Å². The van der Waals surface area contributed by atoms with Gasteiger partial charge in [0, 0.05) is 19.0 Å². The van der Waals surface area contributed by atoms with Crippen molar-refractivity contribution in [2.45, 2.75) is 117 Å². The van der Waals surface area contributed by atoms with Crippen molar-refractivity contribution in [1.29, 1.82) is 0 Å². The van der Waals surface area contributed by atoms with Crippen molar-refractivity contribution in [3.8, 4) is 11.5 Å². The fraction of sp³-hybridized carbons (Fsp3) is 0.558. The van der Waals surface area contributed by atoms with E-state index in [9.17, 15) is 29.1 Å². The summed E-state index contributed by atoms with van der Waals surface area (Å²) in [5.41, 5.74) is 1.76. The molecule has 1 saturated carbocycles. The second kappa shape index (κ2) is 17.0. The van der Waals surface area contributed by atoms with Gasteiger partial charge in [0.15, 0.2) is 31.8 Å². The molecule has 14 heteroatoms. The summed E-state index contributed by atoms with van der Waals surface area (Å²) in [6, 6.07) is 8.69. The molecular weight excluding hydrogens is 747 g/mol. The number of phenolic OH excluding ortho intramolecular Hbond substituents is 1. The van der Waals surface area contributed by atoms with Gasteiger partial charge in [0.05, 0.1) is 42.8 Å². The number of phenols is 1. The first-order valence-corrected chi connectivity index (χ1v) is 22.6. The molecule has 2 heterocycles. The van der Waals surface area contributed by atoms with Crippen LogP contribution in [0.2, 0.25) is 18.1 Å². The van der Waals surface area contributed by atoms with Gasteiger partial charge in [0.25, 0.3) is 5.91 Å². The maximum absolute atomic E-state index is 14.4. The Hall–Kier alpha value is -4.69. The number of rotatable bonds is 15. The average Bonchev–Trinajstić information content (AvgIpc) is 3.81. The van der Waals surface area contributed by atoms with Crippen molar-refractivity contribution >= 4 is 43.7 Å². The minimum atomic E-state index is -2.56. The topological polar surface area (TPSA) is 161 Å². The van der Waals surface area contributed by atoms with Crippen LogP contribution in [0.1, 0.15) is 88.7 Å². The van der Waals surface area contributed by atoms with Crippen LogP contribution in [-0.2, 0) is 41.3 Å². The van der Waals surface area contributed by atoms with Crippen LogP contribution in [-0.4, -0.2) is 86.6 Å². The maximum atomic E-state index is 14.4. The number of hydrogen-bond donors (Lipinski definition) is 2. The molecule has 2 fully saturated rings. The largest absolute Gasteiger partial charge is 0.504 e. The standard InChI is InChI=1S/C43H59N3O10Si/c1-11-18-54-37(49)21-30(26(2)3)38(50)44-27(4)34(47)19-28-12-14-29(15-13-28)24-55-41(52)46-32-22-35(48)36(53-8)20-31(32)39(51)45-25-43(16-17-43)23-33(45)40(46)56-57(9,10)42(5,6)7/h11-15,20,22,26-27,30,33,40,48H,1,16-19,21,23-25H2,2-10H3,(H,44,50)/t27-,30-,33-,40?/m0/s1. The number of fused-ring (bicyclic) bond motifs is 2. The number of carbonyl (C=O) groups is 5. The van der Waals surface area contributed by atoms with Gasteiger partial charge in [-0.05, 0) is 72.8 Å². The second-order valence-electron chi connectivity index (χ2n) is 17.7. The first kappa shape index (κ1) is 43.4. The summed E-state index contributed by atoms with van der Waals surface area (Å²) in [5, 5.41) is 13.5. The lowest BCUT2D eigenvalue weighted by atomic mass is 9.91. The van der Waals surface area contributed by atoms with Gasteiger partial charge in [0.1, 0.15) is 13.2 Å². The normalized spacial score (nSPS) is 19.6. The molecule has 310 valence electrons. The number of anilines is 1. The van der Waals surface area contributed by atoms with Gasteiger partial charge in [-0.2, -0.15) is 0 Å². The quantitative estimate of drug-likeness (QED) is 0.110. The Morgan fingerprint density at radius 3 is 2.28 bits per heavy atom. The zero-order valence-electron chi connectivity index (χ0n) is 34.8. The third-order valence-electron chi connectivity index (χ3n) is 12.1. The van der Waals surface area contributed by atoms with E-state index in [2.05, 4.69) is 45.8 Å². The smallest absolute Gasteiger partial charge is 0.416 e. The van der Waals surface area contributed by atoms with Gasteiger partial charge in [-0.1, -0.05) is 71.5 Å². The molecule has 57 heavy (non-hydrogen) atoms. The summed E-state index contributed by atoms with van der Waals surface area (Å²) < 4.78 is 23.5. The number of hydrogen-bond acceptors (Lipinski definition) is 10. The van der Waals surface area contributed by atoms with Crippen molar-refractivity contribution in [1.82, 2.24) is 10.2 Å². The van der Waals surface area contributed by atoms with Gasteiger partial charge in [-0.15, -0.1) is 0 Å². The number of ketones is 1. The number of nitrogens with zero attached hydrogens (tertiary/aromatic N) is 2. The number of aromatic hydroxyl groups is 1. The van der Waals surface area contributed by atoms with Crippen LogP contribution in [0.3, 0.4) is 0 Å². The van der Waals surface area contributed by atoms with Crippen LogP contribution in [0.25, 0.3) is 0 Å². The second-order valence-corrected chi connectivity index (χ2v) is 22.4. The van der Waals surface area contributed by atoms with Crippen molar-refractivity contribution in [2.24, 2.45) is 17.3 Å². The fourth-order valence-corrected chi connectivity index (χ4v) is 8.45. The molecule has 2 aromatic rings. The molecule has 13 nitrogen and oxygen atoms in total. The summed E-state index contributed by atoms with van der Waals surface area (Å²) in [4.78, 5) is 70.3. The monoisotopic (exact) mass is 805 g/mol. The van der Waals surface area contributed by atoms with Crippen LogP contribution in [0, 0.1) is 17.3 Å². The Bertz CT molecular complexity index is 1870. The van der Waals surface area contributed by atoms with Crippen molar-refractivity contribution in [2.75, 3.05) is 25.2 Å². The van der Waals surface area contributed by atoms with Crippen molar-refractivity contribution in [3.05, 3.63) is 65.7 Å². The van der Waals surface area contributed by atoms with Crippen LogP contribution < -0.4 is 15.0 Å². The molecule has 0 aromatic heterocycles. The van der Waals surface area contributed by atoms with Gasteiger partial charge in [-0.25, -0.2) is 9.69 Å². The molecule has 0 radical (unpaired) electrons. The van der Waals surface area contributed by atoms with E-state index in [1.165, 1.54) is 30.2 Å². The Labute approximate surface area is 337 Å². The number of methoxy groups -OCH3 is 1. The first-order valence-electron chi connectivity index (χ1n) is 19.7. The maximum Gasteiger partial charge on any atom is 0.416 e. The Kier molecular flexibility index (Phi) is 13.0. The molecule has 3 amide bonds. The number of nitrogens with one attached hydrogen (secondary N) is 1. The third-order valence-corrected chi connectivity index (χ3v) is 16.5. The van der Waals surface area contributed by atoms with E-state index in [4.69, 9.17) is 18.6 Å². The molecule has 5 rings (SSSR count). The first-order chi connectivity index (χ1) is 26.7. The number of esters is 1. The van der Waals surface area contributed by atoms with E-state index in [0.717, 1.165) is 12.8 Å². The minimum Gasteiger partial charge on any atom is -0.504 e. The Morgan fingerprint density at radius 1 is 1.05 bits per heavy atom. The van der Waals surface area contributed by atoms with E-state index in [0.29, 0.717) is 24.1 Å². The zero-order valence-corrected chi connectivity index (χ0v) is 35.8. The van der Waals surface area contributed by atoms with E-state index in [1.54, 1.807) is 31.2 Å². The molecule has 1 saturated heterocycles. The highest BCUT2D eigenvalue weighted by atomic mass is 28.4. The summed E-state index contributed by atoms with van der Waals surface area (Å²) >= 11 is 0. The molecule has 0 bridgehead atoms. The van der Waals surface area contributed by atoms with Crippen molar-refractivity contribution < 1.29 is 47.7 Å². The SMILES string of the molecule is C=CCOC(=O)C[C@H](C(=O)N[C@@H](C)C(=O)Cc1ccc(COC(=O)N2c3cc(O)c(OC)cc3C(=O)N3CC4(CC4)C[C@H]3C2O[Si](C)(C)C(C)(C)C)cc1)C(C)C. The Balaban J connectivity index is 1.32. The van der Waals surface area contributed by atoms with E-state index < -0.39 is 50.5 Å². The number of Topliss-reactive ketones (excluding diaryl/α,β-unsaturated/α-hetero) is 1. The van der Waals surface area contributed by atoms with Gasteiger partial charge < -0.3 is 34.0 Å². The number of amides is 3. The lowest BCUT2D eigenvalue weighted by Gasteiger charge is -2.44. The summed E-state index contributed by atoms with van der Waals surface area (Å²) in [6.07, 6.45) is 2.49. The predicted octanol–water partition coefficient (Wildman–Crippen LogP) is 6.91. The summed E-state index contributed by atoms with van der Waals surface area (Å²) in [6.45, 7) is 19.9. The lowest BCUT2D eigenvalue weighted by Crippen LogP contribution is -2.58. The fourth-order valence-electron chi connectivity index (χ4n) is 7.23. The highest BCUT2D eigenvalue weighted by Crippen LogP contribution is 2.57. The molecule has 2 aromatic carbocycles. The number of ether oxygens (including phenoxy) is 3. The summed E-state index contributed by atoms with van der Waals surface area (Å²) in [7, 11) is -1.15. The highest BCUT2D eigenvalue weighted by Gasteiger charge is 2.59. The molecule has 1 aliphatic carbocycles. The van der Waals surface area contributed by atoms with Gasteiger partial charge in [-0.3, -0.25) is 19.2 Å². The van der Waals surface area contributed by atoms with Crippen LogP contribution in [0.15, 0.2) is 49.1 Å². The molecule has 1 spiro atoms. The molecule has 2 aliphatic heterocycles. The molecule has 4 atom stereocenters. The lowest BCUT2D eigenvalue weighted by molar-refractivity contribution is -0.146. The van der Waals surface area contributed by atoms with Gasteiger partial charge in [0.2, 0.25) is 5.91 Å². The molecule has 3 aliphatic rings.